The number of carbonyl (C=O) groups is 1. The van der Waals surface area contributed by atoms with Gasteiger partial charge in [0.15, 0.2) is 11.5 Å². The van der Waals surface area contributed by atoms with Gasteiger partial charge in [0.2, 0.25) is 5.83 Å². The van der Waals surface area contributed by atoms with Gasteiger partial charge in [0.25, 0.3) is 5.79 Å². The van der Waals surface area contributed by atoms with Crippen LogP contribution >= 0.6 is 11.6 Å². The van der Waals surface area contributed by atoms with Crippen LogP contribution in [0, 0.1) is 12.7 Å². The van der Waals surface area contributed by atoms with Crippen molar-refractivity contribution in [3.8, 4) is 11.5 Å². The number of piperidine rings is 1. The van der Waals surface area contributed by atoms with Crippen molar-refractivity contribution in [2.45, 2.75) is 64.0 Å². The lowest BCUT2D eigenvalue weighted by Crippen LogP contribution is -2.35. The molecule has 3 aliphatic rings. The largest absolute Gasteiger partial charge is 0.476 e. The summed E-state index contributed by atoms with van der Waals surface area (Å²) in [7, 11) is 0. The molecule has 2 aromatic carbocycles. The zero-order valence-corrected chi connectivity index (χ0v) is 24.2. The molecule has 0 aliphatic carbocycles. The van der Waals surface area contributed by atoms with Crippen LogP contribution in [0.4, 0.5) is 8.78 Å². The van der Waals surface area contributed by atoms with Crippen LogP contribution in [0.15, 0.2) is 42.2 Å². The van der Waals surface area contributed by atoms with Gasteiger partial charge in [-0.3, -0.25) is 4.90 Å². The van der Waals surface area contributed by atoms with Crippen LogP contribution in [0.5, 0.6) is 11.5 Å². The summed E-state index contributed by atoms with van der Waals surface area (Å²) in [6, 6.07) is 10.3. The number of nitrogens with zero attached hydrogens (tertiary/aromatic N) is 3. The van der Waals surface area contributed by atoms with Crippen molar-refractivity contribution >= 4 is 23.6 Å². The molecular formula is C31H32ClF2N3O5. The Hall–Kier alpha value is -3.47. The number of benzene rings is 2. The van der Waals surface area contributed by atoms with E-state index in [0.29, 0.717) is 47.6 Å². The topological polar surface area (TPSA) is 86.0 Å². The number of aliphatic carboxylic acids is 1. The highest BCUT2D eigenvalue weighted by Gasteiger charge is 2.43. The Morgan fingerprint density at radius 3 is 2.64 bits per heavy atom. The van der Waals surface area contributed by atoms with Crippen molar-refractivity contribution in [1.82, 2.24) is 14.5 Å². The normalized spacial score (nSPS) is 22.8. The van der Waals surface area contributed by atoms with E-state index in [-0.39, 0.29) is 17.6 Å². The summed E-state index contributed by atoms with van der Waals surface area (Å²) in [5.74, 6) is -2.44. The number of carboxylic acid groups (broad SMARTS) is 1. The minimum atomic E-state index is -1.61. The molecule has 0 amide bonds. The number of aromatic nitrogens is 2. The van der Waals surface area contributed by atoms with Gasteiger partial charge in [-0.25, -0.2) is 14.2 Å². The predicted octanol–water partition coefficient (Wildman–Crippen LogP) is 6.19. The van der Waals surface area contributed by atoms with Gasteiger partial charge >= 0.3 is 5.97 Å². The molecule has 1 aromatic heterocycles. The number of fused-ring (bicyclic) bond motifs is 1. The Bertz CT molecular complexity index is 1550. The highest BCUT2D eigenvalue weighted by molar-refractivity contribution is 6.30. The van der Waals surface area contributed by atoms with E-state index in [2.05, 4.69) is 4.90 Å². The van der Waals surface area contributed by atoms with Gasteiger partial charge in [-0.2, -0.15) is 4.39 Å². The van der Waals surface area contributed by atoms with Gasteiger partial charge in [-0.15, -0.1) is 0 Å². The molecule has 2 atom stereocenters. The molecule has 2 unspecified atom stereocenters. The first-order chi connectivity index (χ1) is 20.1. The van der Waals surface area contributed by atoms with Crippen LogP contribution in [0.25, 0.3) is 6.08 Å². The van der Waals surface area contributed by atoms with E-state index >= 15 is 0 Å². The summed E-state index contributed by atoms with van der Waals surface area (Å²) >= 11 is 5.95. The van der Waals surface area contributed by atoms with Crippen molar-refractivity contribution in [3.05, 3.63) is 81.4 Å². The summed E-state index contributed by atoms with van der Waals surface area (Å²) in [6.45, 7) is 6.76. The van der Waals surface area contributed by atoms with Crippen molar-refractivity contribution in [3.63, 3.8) is 0 Å². The van der Waals surface area contributed by atoms with Crippen LogP contribution in [0.1, 0.15) is 60.4 Å². The number of hydrogen-bond donors (Lipinski definition) is 1. The molecule has 6 rings (SSSR count). The molecule has 0 saturated carbocycles. The summed E-state index contributed by atoms with van der Waals surface area (Å²) in [5, 5.41) is 9.38. The fourth-order valence-corrected chi connectivity index (χ4v) is 6.16. The monoisotopic (exact) mass is 599 g/mol. The average Bonchev–Trinajstić information content (AvgIpc) is 3.42. The molecular weight excluding hydrogens is 568 g/mol. The fraction of sp³-hybridized carbons (Fsp3) is 0.419. The van der Waals surface area contributed by atoms with Gasteiger partial charge in [0, 0.05) is 30.2 Å². The van der Waals surface area contributed by atoms with Crippen molar-refractivity contribution in [1.29, 1.82) is 0 Å². The standard InChI is InChI=1S/C31H32ClF2N3O5/c1-18-26(15-25(34)30(38)39)37(16-21-10-13-40-21)28(35-18)17-36-11-8-19(9-12-36)22-4-3-5-27-29(22)42-31(2,41-27)23-7-6-20(32)14-24(23)33/h3-7,14-15,19,21H,8-13,16-17H2,1-2H3,(H,38,39)/b25-15-. The zero-order valence-electron chi connectivity index (χ0n) is 23.4. The van der Waals surface area contributed by atoms with E-state index in [1.807, 2.05) is 22.8 Å². The summed E-state index contributed by atoms with van der Waals surface area (Å²) in [5.41, 5.74) is 2.33. The molecule has 2 saturated heterocycles. The second-order valence-corrected chi connectivity index (χ2v) is 11.6. The number of hydrogen-bond acceptors (Lipinski definition) is 6. The minimum absolute atomic E-state index is 0.00227. The minimum Gasteiger partial charge on any atom is -0.476 e. The first-order valence-electron chi connectivity index (χ1n) is 14.1. The zero-order chi connectivity index (χ0) is 29.6. The van der Waals surface area contributed by atoms with E-state index in [1.54, 1.807) is 26.0 Å². The van der Waals surface area contributed by atoms with Crippen LogP contribution < -0.4 is 9.47 Å². The maximum absolute atomic E-state index is 14.8. The Balaban J connectivity index is 1.17. The van der Waals surface area contributed by atoms with E-state index in [0.717, 1.165) is 49.8 Å². The number of ether oxygens (including phenoxy) is 3. The second kappa shape index (κ2) is 11.3. The lowest BCUT2D eigenvalue weighted by Gasteiger charge is -2.33. The van der Waals surface area contributed by atoms with Gasteiger partial charge < -0.3 is 23.9 Å². The smallest absolute Gasteiger partial charge is 0.364 e. The Kier molecular flexibility index (Phi) is 7.72. The second-order valence-electron chi connectivity index (χ2n) is 11.2. The Morgan fingerprint density at radius 2 is 1.98 bits per heavy atom. The SMILES string of the molecule is Cc1nc(CN2CCC(c3cccc4c3OC(C)(c3ccc(Cl)cc3F)O4)CC2)n(CC2CCO2)c1/C=C(\F)C(=O)O. The molecule has 4 heterocycles. The van der Waals surface area contributed by atoms with Gasteiger partial charge in [0.05, 0.1) is 36.1 Å². The predicted molar refractivity (Wildman–Crippen MR) is 152 cm³/mol. The number of carboxylic acids is 1. The van der Waals surface area contributed by atoms with Crippen LogP contribution in [-0.4, -0.2) is 51.3 Å². The highest BCUT2D eigenvalue weighted by atomic mass is 35.5. The number of aryl methyl sites for hydroxylation is 1. The number of likely N-dealkylation sites (tertiary alicyclic amines) is 1. The fourth-order valence-electron chi connectivity index (χ4n) is 6.01. The average molecular weight is 600 g/mol. The van der Waals surface area contributed by atoms with E-state index < -0.39 is 23.4 Å². The van der Waals surface area contributed by atoms with Crippen LogP contribution in [0.2, 0.25) is 5.02 Å². The number of rotatable bonds is 8. The molecule has 1 N–H and O–H groups in total. The third kappa shape index (κ3) is 5.50. The maximum atomic E-state index is 14.8. The van der Waals surface area contributed by atoms with Crippen molar-refractivity contribution in [2.75, 3.05) is 19.7 Å². The molecule has 3 aliphatic heterocycles. The van der Waals surface area contributed by atoms with Crippen molar-refractivity contribution < 1.29 is 32.9 Å². The third-order valence-corrected chi connectivity index (χ3v) is 8.58. The number of halogens is 3. The molecule has 8 nitrogen and oxygen atoms in total. The number of imidazole rings is 1. The molecule has 3 aromatic rings. The molecule has 42 heavy (non-hydrogen) atoms. The molecule has 0 radical (unpaired) electrons. The summed E-state index contributed by atoms with van der Waals surface area (Å²) in [6.07, 6.45) is 3.65. The molecule has 2 fully saturated rings. The maximum Gasteiger partial charge on any atom is 0.364 e. The van der Waals surface area contributed by atoms with Gasteiger partial charge in [-0.1, -0.05) is 23.7 Å². The van der Waals surface area contributed by atoms with Gasteiger partial charge in [0.1, 0.15) is 11.6 Å². The van der Waals surface area contributed by atoms with Crippen LogP contribution in [-0.2, 0) is 28.4 Å². The Morgan fingerprint density at radius 1 is 1.21 bits per heavy atom. The molecule has 0 spiro atoms. The lowest BCUT2D eigenvalue weighted by atomic mass is 9.88. The van der Waals surface area contributed by atoms with Crippen molar-refractivity contribution in [2.24, 2.45) is 0 Å². The van der Waals surface area contributed by atoms with Crippen LogP contribution in [0.3, 0.4) is 0 Å². The molecule has 11 heteroatoms. The van der Waals surface area contributed by atoms with E-state index in [4.69, 9.17) is 35.9 Å². The molecule has 222 valence electrons. The van der Waals surface area contributed by atoms with E-state index in [9.17, 15) is 13.6 Å². The summed E-state index contributed by atoms with van der Waals surface area (Å²) < 4.78 is 48.8. The number of para-hydroxylation sites is 1. The first-order valence-corrected chi connectivity index (χ1v) is 14.5. The lowest BCUT2D eigenvalue weighted by molar-refractivity contribution is -0.134. The highest BCUT2D eigenvalue weighted by Crippen LogP contribution is 2.49. The first kappa shape index (κ1) is 28.6. The third-order valence-electron chi connectivity index (χ3n) is 8.34. The summed E-state index contributed by atoms with van der Waals surface area (Å²) in [4.78, 5) is 18.1. The van der Waals surface area contributed by atoms with E-state index in [1.165, 1.54) is 6.07 Å². The Labute approximate surface area is 247 Å². The van der Waals surface area contributed by atoms with Gasteiger partial charge in [-0.05, 0) is 69.5 Å². The quantitative estimate of drug-likeness (QED) is 0.309. The molecule has 0 bridgehead atoms.